The van der Waals surface area contributed by atoms with Crippen molar-refractivity contribution in [1.82, 2.24) is 4.57 Å². The molecule has 20 heavy (non-hydrogen) atoms. The lowest BCUT2D eigenvalue weighted by Crippen LogP contribution is -2.04. The molecule has 0 atom stereocenters. The third-order valence-electron chi connectivity index (χ3n) is 3.88. The molecule has 0 saturated carbocycles. The van der Waals surface area contributed by atoms with Gasteiger partial charge in [-0.25, -0.2) is 0 Å². The molecule has 0 radical (unpaired) electrons. The maximum absolute atomic E-state index is 3.90. The summed E-state index contributed by atoms with van der Waals surface area (Å²) in [5.41, 5.74) is 5.38. The summed E-state index contributed by atoms with van der Waals surface area (Å²) in [5.74, 6) is 0. The average molecular weight is 261 g/mol. The standard InChI is InChI=1S/C19H19N/c1-3-9-18-15(2)17-12-7-8-13-19(17)20(18)14-16-10-5-4-6-11-16/h3-8,10-13H,1,9,14H2,2H3. The molecule has 0 bridgehead atoms. The average Bonchev–Trinajstić information content (AvgIpc) is 2.75. The van der Waals surface area contributed by atoms with Crippen molar-refractivity contribution in [3.05, 3.63) is 84.1 Å². The van der Waals surface area contributed by atoms with Crippen LogP contribution in [-0.4, -0.2) is 4.57 Å². The molecule has 1 heterocycles. The molecule has 0 spiro atoms. The Morgan fingerprint density at radius 1 is 1.00 bits per heavy atom. The number of rotatable bonds is 4. The predicted octanol–water partition coefficient (Wildman–Crippen LogP) is 4.73. The van der Waals surface area contributed by atoms with Crippen LogP contribution in [0.2, 0.25) is 0 Å². The lowest BCUT2D eigenvalue weighted by atomic mass is 10.1. The highest BCUT2D eigenvalue weighted by molar-refractivity contribution is 5.85. The summed E-state index contributed by atoms with van der Waals surface area (Å²) < 4.78 is 2.42. The highest BCUT2D eigenvalue weighted by Crippen LogP contribution is 2.27. The topological polar surface area (TPSA) is 4.93 Å². The molecule has 1 aromatic heterocycles. The molecular formula is C19H19N. The van der Waals surface area contributed by atoms with Crippen LogP contribution in [0.15, 0.2) is 67.3 Å². The number of aromatic nitrogens is 1. The highest BCUT2D eigenvalue weighted by atomic mass is 15.0. The van der Waals surface area contributed by atoms with Crippen molar-refractivity contribution in [2.75, 3.05) is 0 Å². The van der Waals surface area contributed by atoms with E-state index in [0.29, 0.717) is 0 Å². The second-order valence-corrected chi connectivity index (χ2v) is 5.15. The van der Waals surface area contributed by atoms with E-state index in [1.54, 1.807) is 0 Å². The Kier molecular flexibility index (Phi) is 3.42. The van der Waals surface area contributed by atoms with Gasteiger partial charge in [-0.3, -0.25) is 0 Å². The van der Waals surface area contributed by atoms with Crippen LogP contribution in [-0.2, 0) is 13.0 Å². The first-order valence-electron chi connectivity index (χ1n) is 7.03. The van der Waals surface area contributed by atoms with Gasteiger partial charge in [0.2, 0.25) is 0 Å². The minimum absolute atomic E-state index is 0.910. The van der Waals surface area contributed by atoms with E-state index in [1.165, 1.54) is 27.7 Å². The monoisotopic (exact) mass is 261 g/mol. The summed E-state index contributed by atoms with van der Waals surface area (Å²) >= 11 is 0. The van der Waals surface area contributed by atoms with Gasteiger partial charge < -0.3 is 4.57 Å². The Morgan fingerprint density at radius 2 is 1.70 bits per heavy atom. The molecule has 100 valence electrons. The Balaban J connectivity index is 2.17. The first-order valence-corrected chi connectivity index (χ1v) is 7.03. The predicted molar refractivity (Wildman–Crippen MR) is 86.1 cm³/mol. The molecule has 0 aliphatic heterocycles. The summed E-state index contributed by atoms with van der Waals surface area (Å²) in [6.45, 7) is 7.03. The molecule has 0 N–H and O–H groups in total. The van der Waals surface area contributed by atoms with E-state index in [2.05, 4.69) is 72.7 Å². The zero-order valence-corrected chi connectivity index (χ0v) is 11.8. The maximum Gasteiger partial charge on any atom is 0.0488 e. The van der Waals surface area contributed by atoms with Gasteiger partial charge in [0.1, 0.15) is 0 Å². The molecule has 2 aromatic carbocycles. The van der Waals surface area contributed by atoms with Gasteiger partial charge in [0.15, 0.2) is 0 Å². The fourth-order valence-electron chi connectivity index (χ4n) is 2.88. The van der Waals surface area contributed by atoms with Gasteiger partial charge >= 0.3 is 0 Å². The van der Waals surface area contributed by atoms with E-state index in [-0.39, 0.29) is 0 Å². The van der Waals surface area contributed by atoms with Crippen molar-refractivity contribution in [3.8, 4) is 0 Å². The summed E-state index contributed by atoms with van der Waals surface area (Å²) in [4.78, 5) is 0. The van der Waals surface area contributed by atoms with E-state index in [4.69, 9.17) is 0 Å². The summed E-state index contributed by atoms with van der Waals surface area (Å²) in [6, 6.07) is 19.3. The first-order chi connectivity index (χ1) is 9.81. The number of allylic oxidation sites excluding steroid dienone is 1. The van der Waals surface area contributed by atoms with E-state index < -0.39 is 0 Å². The Morgan fingerprint density at radius 3 is 2.45 bits per heavy atom. The minimum Gasteiger partial charge on any atom is -0.340 e. The van der Waals surface area contributed by atoms with Gasteiger partial charge in [-0.1, -0.05) is 54.6 Å². The molecule has 3 rings (SSSR count). The van der Waals surface area contributed by atoms with Crippen molar-refractivity contribution in [2.45, 2.75) is 19.9 Å². The summed E-state index contributed by atoms with van der Waals surface area (Å²) in [5, 5.41) is 1.35. The van der Waals surface area contributed by atoms with Crippen LogP contribution in [0.5, 0.6) is 0 Å². The molecule has 0 aliphatic rings. The second-order valence-electron chi connectivity index (χ2n) is 5.15. The number of nitrogens with zero attached hydrogens (tertiary/aromatic N) is 1. The first kappa shape index (κ1) is 12.7. The maximum atomic E-state index is 3.90. The van der Waals surface area contributed by atoms with Gasteiger partial charge in [0.25, 0.3) is 0 Å². The normalized spacial score (nSPS) is 10.8. The van der Waals surface area contributed by atoms with Crippen LogP contribution in [0.4, 0.5) is 0 Å². The van der Waals surface area contributed by atoms with Crippen LogP contribution < -0.4 is 0 Å². The number of aryl methyl sites for hydroxylation is 1. The van der Waals surface area contributed by atoms with Crippen LogP contribution in [0.25, 0.3) is 10.9 Å². The third-order valence-corrected chi connectivity index (χ3v) is 3.88. The van der Waals surface area contributed by atoms with Crippen LogP contribution >= 0.6 is 0 Å². The summed E-state index contributed by atoms with van der Waals surface area (Å²) in [7, 11) is 0. The van der Waals surface area contributed by atoms with Gasteiger partial charge in [-0.15, -0.1) is 6.58 Å². The molecule has 0 amide bonds. The fourth-order valence-corrected chi connectivity index (χ4v) is 2.88. The molecule has 3 aromatic rings. The van der Waals surface area contributed by atoms with Gasteiger partial charge in [0, 0.05) is 29.6 Å². The van der Waals surface area contributed by atoms with Crippen LogP contribution in [0, 0.1) is 6.92 Å². The SMILES string of the molecule is C=CCc1c(C)c2ccccc2n1Cc1ccccc1. The zero-order valence-electron chi connectivity index (χ0n) is 11.8. The van der Waals surface area contributed by atoms with Crippen molar-refractivity contribution < 1.29 is 0 Å². The molecule has 1 nitrogen and oxygen atoms in total. The number of hydrogen-bond acceptors (Lipinski definition) is 0. The highest BCUT2D eigenvalue weighted by Gasteiger charge is 2.12. The zero-order chi connectivity index (χ0) is 13.9. The fraction of sp³-hybridized carbons (Fsp3) is 0.158. The number of para-hydroxylation sites is 1. The van der Waals surface area contributed by atoms with Gasteiger partial charge in [-0.2, -0.15) is 0 Å². The van der Waals surface area contributed by atoms with E-state index in [1.807, 2.05) is 6.08 Å². The minimum atomic E-state index is 0.910. The van der Waals surface area contributed by atoms with E-state index in [9.17, 15) is 0 Å². The molecule has 0 unspecified atom stereocenters. The molecule has 0 aliphatic carbocycles. The van der Waals surface area contributed by atoms with Crippen molar-refractivity contribution in [3.63, 3.8) is 0 Å². The summed E-state index contributed by atoms with van der Waals surface area (Å²) in [6.07, 6.45) is 2.90. The van der Waals surface area contributed by atoms with Crippen molar-refractivity contribution in [2.24, 2.45) is 0 Å². The van der Waals surface area contributed by atoms with Gasteiger partial charge in [-0.05, 0) is 24.1 Å². The van der Waals surface area contributed by atoms with Crippen LogP contribution in [0.3, 0.4) is 0 Å². The molecule has 1 heteroatoms. The van der Waals surface area contributed by atoms with Crippen molar-refractivity contribution >= 4 is 10.9 Å². The van der Waals surface area contributed by atoms with Crippen molar-refractivity contribution in [1.29, 1.82) is 0 Å². The van der Waals surface area contributed by atoms with Crippen LogP contribution in [0.1, 0.15) is 16.8 Å². The number of hydrogen-bond donors (Lipinski definition) is 0. The number of benzene rings is 2. The second kappa shape index (κ2) is 5.38. The lowest BCUT2D eigenvalue weighted by Gasteiger charge is -2.10. The Hall–Kier alpha value is -2.28. The van der Waals surface area contributed by atoms with E-state index >= 15 is 0 Å². The molecular weight excluding hydrogens is 242 g/mol. The largest absolute Gasteiger partial charge is 0.340 e. The smallest absolute Gasteiger partial charge is 0.0488 e. The quantitative estimate of drug-likeness (QED) is 0.598. The Bertz CT molecular complexity index is 735. The van der Waals surface area contributed by atoms with E-state index in [0.717, 1.165) is 13.0 Å². The number of fused-ring (bicyclic) bond motifs is 1. The van der Waals surface area contributed by atoms with Gasteiger partial charge in [0.05, 0.1) is 0 Å². The third kappa shape index (κ3) is 2.16. The lowest BCUT2D eigenvalue weighted by molar-refractivity contribution is 0.784. The molecule has 0 fully saturated rings. The molecule has 0 saturated heterocycles. The Labute approximate surface area is 120 Å².